The molecule has 0 aliphatic rings. The number of hydrogen-bond donors (Lipinski definition) is 0. The first kappa shape index (κ1) is 51.0. The minimum atomic E-state index is 0. The average molecular weight is 505 g/mol. The van der Waals surface area contributed by atoms with E-state index in [-0.39, 0.29) is 34.1 Å². The van der Waals surface area contributed by atoms with Gasteiger partial charge >= 0.3 is 67.8 Å². The van der Waals surface area contributed by atoms with E-state index in [1.807, 2.05) is 5.73 Å². The molecule has 0 bridgehead atoms. The second-order valence-corrected chi connectivity index (χ2v) is 4.47. The third-order valence-electron chi connectivity index (χ3n) is 1.84. The second-order valence-electron chi connectivity index (χ2n) is 3.06. The predicted octanol–water partition coefficient (Wildman–Crippen LogP) is 2.85. The van der Waals surface area contributed by atoms with Crippen molar-refractivity contribution in [3.8, 4) is 0 Å². The topological polar surface area (TPSA) is 119 Å². The summed E-state index contributed by atoms with van der Waals surface area (Å²) in [5.74, 6) is 0. The molecule has 0 aliphatic heterocycles. The fraction of sp³-hybridized carbons (Fsp3) is 0. The van der Waals surface area contributed by atoms with Crippen LogP contribution in [0.15, 0.2) is 73.0 Å². The van der Waals surface area contributed by atoms with Crippen molar-refractivity contribution in [3.05, 3.63) is 119 Å². The molecule has 2 aromatic rings. The molecule has 9 heteroatoms. The molecule has 0 fully saturated rings. The first-order valence-corrected chi connectivity index (χ1v) is 7.19. The van der Waals surface area contributed by atoms with Crippen LogP contribution in [0.3, 0.4) is 0 Å². The largest absolute Gasteiger partial charge is 0.342 e. The fourth-order valence-electron chi connectivity index (χ4n) is 1.21. The molecule has 0 aromatic heterocycles. The van der Waals surface area contributed by atoms with Crippen molar-refractivity contribution in [1.29, 1.82) is 0 Å². The maximum atomic E-state index is 7.50. The van der Waals surface area contributed by atoms with Gasteiger partial charge < -0.3 is 5.73 Å². The van der Waals surface area contributed by atoms with Crippen molar-refractivity contribution >= 4 is 19.2 Å². The summed E-state index contributed by atoms with van der Waals surface area (Å²) in [4.78, 5) is 0. The van der Waals surface area contributed by atoms with Gasteiger partial charge in [-0.2, -0.15) is 0 Å². The molecule has 0 radical (unpaired) electrons. The molecular formula is C21H14Fe2O6P-. The summed E-state index contributed by atoms with van der Waals surface area (Å²) >= 11 is 0. The zero-order valence-corrected chi connectivity index (χ0v) is 18.4. The molecule has 2 rings (SSSR count). The molecule has 0 amide bonds. The first-order chi connectivity index (χ1) is 13.9. The minimum absolute atomic E-state index is 0. The van der Waals surface area contributed by atoms with Crippen LogP contribution in [-0.2, 0) is 62.1 Å². The Labute approximate surface area is 200 Å². The SMILES string of the molecule is [C-]#[O+].[C-]#[O+].[C-]#[O+].[C-]#[O+].[C-]#[O+].[C-]#[O+].[CH-]=C=C.[Fe].[Fe].c1ccc(Pc2ccccc2)cc1. The van der Waals surface area contributed by atoms with Crippen LogP contribution < -0.4 is 10.6 Å². The van der Waals surface area contributed by atoms with E-state index in [0.717, 1.165) is 8.58 Å². The van der Waals surface area contributed by atoms with E-state index in [2.05, 4.69) is 114 Å². The molecule has 0 aliphatic carbocycles. The number of benzene rings is 2. The van der Waals surface area contributed by atoms with E-state index in [1.165, 1.54) is 10.6 Å². The van der Waals surface area contributed by atoms with Crippen LogP contribution in [0.1, 0.15) is 0 Å². The summed E-state index contributed by atoms with van der Waals surface area (Å²) in [5, 5.41) is 2.79. The first-order valence-electron chi connectivity index (χ1n) is 6.19. The molecule has 0 unspecified atom stereocenters. The Kier molecular flexibility index (Phi) is 121. The van der Waals surface area contributed by atoms with Crippen molar-refractivity contribution in [1.82, 2.24) is 0 Å². The van der Waals surface area contributed by atoms with E-state index in [4.69, 9.17) is 27.9 Å². The molecule has 30 heavy (non-hydrogen) atoms. The van der Waals surface area contributed by atoms with Crippen molar-refractivity contribution in [2.75, 3.05) is 0 Å². The summed E-state index contributed by atoms with van der Waals surface area (Å²) < 4.78 is 45.0. The summed E-state index contributed by atoms with van der Waals surface area (Å²) in [7, 11) is 0.777. The Balaban J connectivity index is -0.0000000408. The van der Waals surface area contributed by atoms with Gasteiger partial charge in [-0.15, -0.1) is 0 Å². The normalized spacial score (nSPS) is 4.93. The number of hydrogen-bond acceptors (Lipinski definition) is 0. The van der Waals surface area contributed by atoms with Gasteiger partial charge in [0.05, 0.1) is 0 Å². The quantitative estimate of drug-likeness (QED) is 0.196. The molecule has 156 valence electrons. The van der Waals surface area contributed by atoms with Crippen molar-refractivity contribution in [2.45, 2.75) is 0 Å². The smallest absolute Gasteiger partial charge is 0 e. The Morgan fingerprint density at radius 3 is 0.900 bits per heavy atom. The van der Waals surface area contributed by atoms with Crippen LogP contribution >= 0.6 is 8.58 Å². The van der Waals surface area contributed by atoms with Gasteiger partial charge in [0.1, 0.15) is 0 Å². The van der Waals surface area contributed by atoms with Gasteiger partial charge in [0.25, 0.3) is 0 Å². The molecule has 2 aromatic carbocycles. The fourth-order valence-corrected chi connectivity index (χ4v) is 2.26. The van der Waals surface area contributed by atoms with Gasteiger partial charge in [0, 0.05) is 34.1 Å². The van der Waals surface area contributed by atoms with Crippen molar-refractivity contribution in [2.24, 2.45) is 0 Å². The second kappa shape index (κ2) is 71.4. The third-order valence-corrected chi connectivity index (χ3v) is 3.08. The van der Waals surface area contributed by atoms with Crippen LogP contribution in [0.4, 0.5) is 0 Å². The van der Waals surface area contributed by atoms with Crippen molar-refractivity contribution in [3.63, 3.8) is 0 Å². The maximum absolute atomic E-state index is 7.50. The van der Waals surface area contributed by atoms with E-state index < -0.39 is 0 Å². The van der Waals surface area contributed by atoms with E-state index >= 15 is 0 Å². The van der Waals surface area contributed by atoms with Crippen LogP contribution in [0, 0.1) is 46.5 Å². The van der Waals surface area contributed by atoms with Crippen LogP contribution in [-0.4, -0.2) is 0 Å². The zero-order chi connectivity index (χ0) is 23.6. The maximum Gasteiger partial charge on any atom is 0 e. The molecule has 0 saturated heterocycles. The van der Waals surface area contributed by atoms with Gasteiger partial charge in [0.15, 0.2) is 0 Å². The van der Waals surface area contributed by atoms with E-state index in [9.17, 15) is 0 Å². The van der Waals surface area contributed by atoms with Crippen LogP contribution in [0.25, 0.3) is 0 Å². The minimum Gasteiger partial charge on any atom is -0.342 e. The van der Waals surface area contributed by atoms with Gasteiger partial charge in [-0.3, -0.25) is 0 Å². The molecule has 0 atom stereocenters. The van der Waals surface area contributed by atoms with Gasteiger partial charge in [0.2, 0.25) is 0 Å². The van der Waals surface area contributed by atoms with Crippen LogP contribution in [0.5, 0.6) is 0 Å². The average Bonchev–Trinajstić information content (AvgIpc) is 2.84. The third kappa shape index (κ3) is 50.1. The molecule has 0 N–H and O–H groups in total. The van der Waals surface area contributed by atoms with Gasteiger partial charge in [-0.1, -0.05) is 69.2 Å². The van der Waals surface area contributed by atoms with E-state index in [0.29, 0.717) is 0 Å². The molecule has 0 heterocycles. The summed E-state index contributed by atoms with van der Waals surface area (Å²) in [6.07, 6.45) is 0. The Bertz CT molecular complexity index is 603. The standard InChI is InChI=1S/C12H11P.C3H3.6CO.2Fe/c1-3-7-11(8-4-1)13-12-9-5-2-6-10-12;1-3-2;6*1-2;;/h1-10,13H;1H,2H2;;;;;;;;/q;-1;;;;;;;;. The monoisotopic (exact) mass is 505 g/mol. The zero-order valence-electron chi connectivity index (χ0n) is 15.2. The molecule has 0 saturated carbocycles. The van der Waals surface area contributed by atoms with Gasteiger partial charge in [-0.25, -0.2) is 13.2 Å². The van der Waals surface area contributed by atoms with Crippen molar-refractivity contribution < 1.29 is 62.1 Å². The van der Waals surface area contributed by atoms with Crippen LogP contribution in [0.2, 0.25) is 0 Å². The molecular weight excluding hydrogens is 491 g/mol. The summed E-state index contributed by atoms with van der Waals surface area (Å²) in [6, 6.07) is 21.2. The van der Waals surface area contributed by atoms with E-state index in [1.54, 1.807) is 0 Å². The summed E-state index contributed by atoms with van der Waals surface area (Å²) in [5.41, 5.74) is 2.00. The van der Waals surface area contributed by atoms with Gasteiger partial charge in [-0.05, 0) is 10.6 Å². The Morgan fingerprint density at radius 2 is 0.733 bits per heavy atom. The Morgan fingerprint density at radius 1 is 0.567 bits per heavy atom. The number of rotatable bonds is 2. The molecule has 0 spiro atoms. The molecule has 6 nitrogen and oxygen atoms in total. The Hall–Kier alpha value is -2.13. The summed E-state index contributed by atoms with van der Waals surface area (Å²) in [6.45, 7) is 34.5. The predicted molar refractivity (Wildman–Crippen MR) is 97.5 cm³/mol.